The summed E-state index contributed by atoms with van der Waals surface area (Å²) in [7, 11) is 0. The molecule has 134 valence electrons. The molecule has 0 unspecified atom stereocenters. The molecule has 2 aromatic rings. The lowest BCUT2D eigenvalue weighted by molar-refractivity contribution is -0.150. The number of nitrogens with one attached hydrogen (secondary N) is 2. The van der Waals surface area contributed by atoms with Crippen LogP contribution in [0.15, 0.2) is 60.7 Å². The van der Waals surface area contributed by atoms with Crippen molar-refractivity contribution in [3.63, 3.8) is 0 Å². The first-order valence-corrected chi connectivity index (χ1v) is 8.06. The Morgan fingerprint density at radius 3 is 2.27 bits per heavy atom. The Hall–Kier alpha value is -3.41. The number of rotatable bonds is 5. The monoisotopic (exact) mass is 352 g/mol. The zero-order valence-corrected chi connectivity index (χ0v) is 14.6. The van der Waals surface area contributed by atoms with Gasteiger partial charge in [-0.25, -0.2) is 4.79 Å². The number of ether oxygens (including phenoxy) is 1. The number of hydrogen-bond donors (Lipinski definition) is 2. The van der Waals surface area contributed by atoms with Gasteiger partial charge >= 0.3 is 5.97 Å². The Labute approximate surface area is 151 Å². The zero-order chi connectivity index (χ0) is 18.9. The number of amides is 2. The molecule has 0 fully saturated rings. The van der Waals surface area contributed by atoms with Crippen LogP contribution >= 0.6 is 0 Å². The third-order valence-electron chi connectivity index (χ3n) is 3.49. The molecule has 0 heterocycles. The maximum Gasteiger partial charge on any atom is 0.331 e. The van der Waals surface area contributed by atoms with E-state index in [0.29, 0.717) is 5.56 Å². The molecule has 0 aliphatic rings. The summed E-state index contributed by atoms with van der Waals surface area (Å²) >= 11 is 0. The van der Waals surface area contributed by atoms with Crippen molar-refractivity contribution < 1.29 is 19.1 Å². The van der Waals surface area contributed by atoms with Crippen LogP contribution < -0.4 is 10.9 Å². The summed E-state index contributed by atoms with van der Waals surface area (Å²) in [5, 5.41) is 0. The fourth-order valence-corrected chi connectivity index (χ4v) is 1.99. The van der Waals surface area contributed by atoms with E-state index in [1.165, 1.54) is 13.0 Å². The number of benzene rings is 2. The van der Waals surface area contributed by atoms with Gasteiger partial charge in [0, 0.05) is 11.6 Å². The van der Waals surface area contributed by atoms with Gasteiger partial charge in [0.1, 0.15) is 0 Å². The Bertz CT molecular complexity index is 798. The number of esters is 1. The van der Waals surface area contributed by atoms with Crippen LogP contribution in [0.3, 0.4) is 0 Å². The maximum absolute atomic E-state index is 11.9. The molecule has 2 N–H and O–H groups in total. The van der Waals surface area contributed by atoms with Crippen molar-refractivity contribution in [2.24, 2.45) is 0 Å². The highest BCUT2D eigenvalue weighted by Gasteiger charge is 2.17. The van der Waals surface area contributed by atoms with E-state index < -0.39 is 23.9 Å². The Morgan fingerprint density at radius 2 is 1.62 bits per heavy atom. The lowest BCUT2D eigenvalue weighted by Crippen LogP contribution is -2.46. The molecule has 0 radical (unpaired) electrons. The molecule has 6 heteroatoms. The van der Waals surface area contributed by atoms with Gasteiger partial charge in [0.05, 0.1) is 0 Å². The molecule has 0 aliphatic heterocycles. The Morgan fingerprint density at radius 1 is 0.962 bits per heavy atom. The van der Waals surface area contributed by atoms with Gasteiger partial charge in [-0.2, -0.15) is 0 Å². The van der Waals surface area contributed by atoms with E-state index >= 15 is 0 Å². The van der Waals surface area contributed by atoms with Gasteiger partial charge in [-0.05, 0) is 37.6 Å². The summed E-state index contributed by atoms with van der Waals surface area (Å²) < 4.78 is 5.01. The summed E-state index contributed by atoms with van der Waals surface area (Å²) in [5.74, 6) is -1.74. The van der Waals surface area contributed by atoms with Crippen molar-refractivity contribution in [1.29, 1.82) is 0 Å². The topological polar surface area (TPSA) is 84.5 Å². The van der Waals surface area contributed by atoms with Crippen LogP contribution in [0.2, 0.25) is 0 Å². The van der Waals surface area contributed by atoms with Gasteiger partial charge in [-0.15, -0.1) is 0 Å². The summed E-state index contributed by atoms with van der Waals surface area (Å²) in [6.07, 6.45) is 1.79. The minimum absolute atomic E-state index is 0.401. The molecule has 0 bridgehead atoms. The zero-order valence-electron chi connectivity index (χ0n) is 14.6. The molecule has 0 saturated carbocycles. The number of carbonyl (C=O) groups is 3. The van der Waals surface area contributed by atoms with E-state index in [-0.39, 0.29) is 0 Å². The second kappa shape index (κ2) is 9.17. The van der Waals surface area contributed by atoms with Crippen LogP contribution in [-0.4, -0.2) is 23.9 Å². The molecule has 0 spiro atoms. The molecule has 0 aliphatic carbocycles. The number of hydrogen-bond acceptors (Lipinski definition) is 4. The van der Waals surface area contributed by atoms with Gasteiger partial charge in [-0.3, -0.25) is 20.4 Å². The number of aryl methyl sites for hydroxylation is 1. The van der Waals surface area contributed by atoms with Gasteiger partial charge in [0.15, 0.2) is 6.10 Å². The molecule has 2 amide bonds. The second-order valence-electron chi connectivity index (χ2n) is 5.63. The largest absolute Gasteiger partial charge is 0.449 e. The van der Waals surface area contributed by atoms with Gasteiger partial charge in [0.2, 0.25) is 0 Å². The van der Waals surface area contributed by atoms with Crippen LogP contribution in [0.1, 0.15) is 28.4 Å². The van der Waals surface area contributed by atoms with E-state index in [4.69, 9.17) is 4.74 Å². The van der Waals surface area contributed by atoms with Gasteiger partial charge < -0.3 is 4.74 Å². The van der Waals surface area contributed by atoms with E-state index in [9.17, 15) is 14.4 Å². The van der Waals surface area contributed by atoms with Gasteiger partial charge in [0.25, 0.3) is 11.8 Å². The van der Waals surface area contributed by atoms with Crippen molar-refractivity contribution in [2.45, 2.75) is 20.0 Å². The van der Waals surface area contributed by atoms with Crippen LogP contribution in [0.5, 0.6) is 0 Å². The fraction of sp³-hybridized carbons (Fsp3) is 0.150. The first-order valence-electron chi connectivity index (χ1n) is 8.06. The molecule has 0 saturated heterocycles. The van der Waals surface area contributed by atoms with Crippen molar-refractivity contribution in [3.05, 3.63) is 77.4 Å². The van der Waals surface area contributed by atoms with Crippen LogP contribution in [0.25, 0.3) is 6.08 Å². The van der Waals surface area contributed by atoms with E-state index in [1.807, 2.05) is 31.2 Å². The van der Waals surface area contributed by atoms with Crippen molar-refractivity contribution in [1.82, 2.24) is 10.9 Å². The molecule has 2 aromatic carbocycles. The van der Waals surface area contributed by atoms with E-state index in [0.717, 1.165) is 11.1 Å². The predicted octanol–water partition coefficient (Wildman–Crippen LogP) is 2.40. The third-order valence-corrected chi connectivity index (χ3v) is 3.49. The lowest BCUT2D eigenvalue weighted by Gasteiger charge is -2.13. The van der Waals surface area contributed by atoms with Crippen molar-refractivity contribution in [3.8, 4) is 0 Å². The SMILES string of the molecule is Cc1ccc(/C=C/C(=O)O[C@@H](C)C(=O)NNC(=O)c2ccccc2)cc1. The summed E-state index contributed by atoms with van der Waals surface area (Å²) in [6, 6.07) is 16.0. The van der Waals surface area contributed by atoms with Crippen LogP contribution in [0, 0.1) is 6.92 Å². The van der Waals surface area contributed by atoms with E-state index in [1.54, 1.807) is 36.4 Å². The summed E-state index contributed by atoms with van der Waals surface area (Å²) in [5.41, 5.74) is 6.86. The second-order valence-corrected chi connectivity index (χ2v) is 5.63. The minimum atomic E-state index is -1.05. The molecule has 0 aromatic heterocycles. The van der Waals surface area contributed by atoms with Crippen LogP contribution in [-0.2, 0) is 14.3 Å². The minimum Gasteiger partial charge on any atom is -0.449 e. The molecule has 26 heavy (non-hydrogen) atoms. The standard InChI is InChI=1S/C20H20N2O4/c1-14-8-10-16(11-9-14)12-13-18(23)26-15(2)19(24)21-22-20(25)17-6-4-3-5-7-17/h3-13,15H,1-2H3,(H,21,24)(H,22,25)/b13-12+/t15-/m0/s1. The Kier molecular flexibility index (Phi) is 6.68. The molecule has 6 nitrogen and oxygen atoms in total. The van der Waals surface area contributed by atoms with Crippen LogP contribution in [0.4, 0.5) is 0 Å². The highest BCUT2D eigenvalue weighted by Crippen LogP contribution is 2.05. The lowest BCUT2D eigenvalue weighted by atomic mass is 10.1. The molecular weight excluding hydrogens is 332 g/mol. The van der Waals surface area contributed by atoms with Crippen molar-refractivity contribution >= 4 is 23.9 Å². The third kappa shape index (κ3) is 5.90. The average molecular weight is 352 g/mol. The quantitative estimate of drug-likeness (QED) is 0.492. The normalized spacial score (nSPS) is 11.6. The smallest absolute Gasteiger partial charge is 0.331 e. The Balaban J connectivity index is 1.79. The first kappa shape index (κ1) is 18.9. The predicted molar refractivity (Wildman–Crippen MR) is 97.8 cm³/mol. The summed E-state index contributed by atoms with van der Waals surface area (Å²) in [6.45, 7) is 3.39. The van der Waals surface area contributed by atoms with Crippen molar-refractivity contribution in [2.75, 3.05) is 0 Å². The molecule has 1 atom stereocenters. The van der Waals surface area contributed by atoms with E-state index in [2.05, 4.69) is 10.9 Å². The molecular formula is C20H20N2O4. The van der Waals surface area contributed by atoms with Gasteiger partial charge in [-0.1, -0.05) is 48.0 Å². The molecule has 2 rings (SSSR count). The highest BCUT2D eigenvalue weighted by atomic mass is 16.5. The summed E-state index contributed by atoms with van der Waals surface area (Å²) in [4.78, 5) is 35.5. The first-order chi connectivity index (χ1) is 12.5. The average Bonchev–Trinajstić information content (AvgIpc) is 2.66. The number of hydrazine groups is 1. The highest BCUT2D eigenvalue weighted by molar-refractivity contribution is 5.96. The maximum atomic E-state index is 11.9. The fourth-order valence-electron chi connectivity index (χ4n) is 1.99. The number of carbonyl (C=O) groups excluding carboxylic acids is 3.